The van der Waals surface area contributed by atoms with Gasteiger partial charge in [0, 0.05) is 0 Å². The molecule has 60 valence electrons. The highest BCUT2D eigenvalue weighted by Gasteiger charge is 2.12. The van der Waals surface area contributed by atoms with E-state index in [4.69, 9.17) is 10.2 Å². The molecule has 11 heavy (non-hydrogen) atoms. The van der Waals surface area contributed by atoms with E-state index in [1.165, 1.54) is 0 Å². The van der Waals surface area contributed by atoms with E-state index in [-0.39, 0.29) is 12.3 Å². The molecule has 0 atom stereocenters. The number of carbonyl (C=O) groups is 1. The van der Waals surface area contributed by atoms with Crippen molar-refractivity contribution >= 4 is 5.78 Å². The Balaban J connectivity index is 3.10. The Hall–Kier alpha value is -1.09. The molecule has 0 saturated carbocycles. The van der Waals surface area contributed by atoms with E-state index in [1.54, 1.807) is 13.2 Å². The average Bonchev–Trinajstić information content (AvgIpc) is 2.30. The first-order valence-corrected chi connectivity index (χ1v) is 3.44. The summed E-state index contributed by atoms with van der Waals surface area (Å²) in [6.07, 6.45) is 1.57. The third-order valence-corrected chi connectivity index (χ3v) is 1.62. The maximum absolute atomic E-state index is 11.1. The topological polar surface area (TPSA) is 56.2 Å². The smallest absolute Gasteiger partial charge is 0.180 e. The van der Waals surface area contributed by atoms with E-state index in [1.807, 2.05) is 6.92 Å². The van der Waals surface area contributed by atoms with Crippen LogP contribution in [-0.2, 0) is 0 Å². The molecule has 0 saturated heterocycles. The van der Waals surface area contributed by atoms with Crippen molar-refractivity contribution < 1.29 is 9.21 Å². The zero-order valence-corrected chi connectivity index (χ0v) is 6.68. The van der Waals surface area contributed by atoms with Crippen molar-refractivity contribution in [2.24, 2.45) is 5.73 Å². The Labute approximate surface area is 65.2 Å². The third kappa shape index (κ3) is 1.33. The van der Waals surface area contributed by atoms with E-state index in [9.17, 15) is 4.79 Å². The lowest BCUT2D eigenvalue weighted by molar-refractivity contribution is 0.0999. The van der Waals surface area contributed by atoms with Crippen LogP contribution in [0.15, 0.2) is 10.7 Å². The summed E-state index contributed by atoms with van der Waals surface area (Å²) in [7, 11) is 0. The van der Waals surface area contributed by atoms with Crippen LogP contribution in [0.25, 0.3) is 0 Å². The minimum atomic E-state index is -0.0613. The lowest BCUT2D eigenvalue weighted by Crippen LogP contribution is -2.14. The molecule has 3 nitrogen and oxygen atoms in total. The van der Waals surface area contributed by atoms with Crippen molar-refractivity contribution in [3.63, 3.8) is 0 Å². The van der Waals surface area contributed by atoms with Crippen LogP contribution in [0.4, 0.5) is 0 Å². The van der Waals surface area contributed by atoms with Gasteiger partial charge in [0.15, 0.2) is 5.78 Å². The minimum Gasteiger partial charge on any atom is -0.469 e. The van der Waals surface area contributed by atoms with Crippen molar-refractivity contribution in [3.05, 3.63) is 23.2 Å². The monoisotopic (exact) mass is 153 g/mol. The summed E-state index contributed by atoms with van der Waals surface area (Å²) in [5.41, 5.74) is 6.70. The molecule has 1 aromatic rings. The van der Waals surface area contributed by atoms with Gasteiger partial charge in [0.05, 0.1) is 18.4 Å². The predicted octanol–water partition coefficient (Wildman–Crippen LogP) is 1.04. The van der Waals surface area contributed by atoms with Crippen LogP contribution in [0.5, 0.6) is 0 Å². The first kappa shape index (κ1) is 8.01. The number of nitrogens with two attached hydrogens (primary N) is 1. The molecule has 0 aliphatic heterocycles. The number of ketones is 1. The van der Waals surface area contributed by atoms with Gasteiger partial charge in [0.2, 0.25) is 0 Å². The predicted molar refractivity (Wildman–Crippen MR) is 41.6 cm³/mol. The van der Waals surface area contributed by atoms with Crippen LogP contribution in [0.3, 0.4) is 0 Å². The summed E-state index contributed by atoms with van der Waals surface area (Å²) in [6.45, 7) is 3.64. The summed E-state index contributed by atoms with van der Waals surface area (Å²) in [6, 6.07) is 0. The number of Topliss-reactive ketones (excluding diaryl/α,β-unsaturated/α-hetero) is 1. The fourth-order valence-corrected chi connectivity index (χ4v) is 1.09. The molecule has 0 aromatic carbocycles. The number of carbonyl (C=O) groups excluding carboxylic acids is 1. The van der Waals surface area contributed by atoms with E-state index in [0.717, 1.165) is 5.56 Å². The molecule has 0 radical (unpaired) electrons. The van der Waals surface area contributed by atoms with Gasteiger partial charge < -0.3 is 10.2 Å². The van der Waals surface area contributed by atoms with Crippen LogP contribution >= 0.6 is 0 Å². The number of aryl methyl sites for hydroxylation is 2. The number of furan rings is 1. The molecule has 0 unspecified atom stereocenters. The van der Waals surface area contributed by atoms with E-state index in [2.05, 4.69) is 0 Å². The zero-order chi connectivity index (χ0) is 8.43. The van der Waals surface area contributed by atoms with Crippen molar-refractivity contribution in [1.29, 1.82) is 0 Å². The molecule has 1 rings (SSSR count). The van der Waals surface area contributed by atoms with Crippen molar-refractivity contribution in [3.8, 4) is 0 Å². The molecule has 0 fully saturated rings. The lowest BCUT2D eigenvalue weighted by Gasteiger charge is -1.94. The molecule has 0 amide bonds. The van der Waals surface area contributed by atoms with Gasteiger partial charge in [-0.05, 0) is 19.4 Å². The van der Waals surface area contributed by atoms with Crippen molar-refractivity contribution in [2.45, 2.75) is 13.8 Å². The maximum atomic E-state index is 11.1. The molecule has 3 heteroatoms. The van der Waals surface area contributed by atoms with Gasteiger partial charge in [-0.25, -0.2) is 0 Å². The zero-order valence-electron chi connectivity index (χ0n) is 6.68. The molecule has 0 spiro atoms. The van der Waals surface area contributed by atoms with Gasteiger partial charge in [-0.3, -0.25) is 4.79 Å². The van der Waals surface area contributed by atoms with Crippen LogP contribution < -0.4 is 5.73 Å². The van der Waals surface area contributed by atoms with Gasteiger partial charge in [-0.2, -0.15) is 0 Å². The van der Waals surface area contributed by atoms with Gasteiger partial charge >= 0.3 is 0 Å². The Morgan fingerprint density at radius 2 is 2.27 bits per heavy atom. The van der Waals surface area contributed by atoms with E-state index >= 15 is 0 Å². The van der Waals surface area contributed by atoms with Gasteiger partial charge in [0.1, 0.15) is 5.76 Å². The van der Waals surface area contributed by atoms with E-state index < -0.39 is 0 Å². The van der Waals surface area contributed by atoms with Gasteiger partial charge in [0.25, 0.3) is 0 Å². The summed E-state index contributed by atoms with van der Waals surface area (Å²) in [4.78, 5) is 11.1. The molecule has 2 N–H and O–H groups in total. The first-order chi connectivity index (χ1) is 5.16. The Bertz CT molecular complexity index is 256. The molecular formula is C8H11NO2. The molecule has 0 bridgehead atoms. The van der Waals surface area contributed by atoms with Crippen LogP contribution in [0.2, 0.25) is 0 Å². The molecule has 1 heterocycles. The first-order valence-electron chi connectivity index (χ1n) is 3.44. The average molecular weight is 153 g/mol. The van der Waals surface area contributed by atoms with E-state index in [0.29, 0.717) is 11.3 Å². The highest BCUT2D eigenvalue weighted by atomic mass is 16.3. The van der Waals surface area contributed by atoms with Crippen LogP contribution in [-0.4, -0.2) is 12.3 Å². The Kier molecular flexibility index (Phi) is 2.10. The lowest BCUT2D eigenvalue weighted by atomic mass is 10.1. The second-order valence-electron chi connectivity index (χ2n) is 2.48. The largest absolute Gasteiger partial charge is 0.469 e. The molecule has 0 aliphatic carbocycles. The third-order valence-electron chi connectivity index (χ3n) is 1.62. The van der Waals surface area contributed by atoms with Crippen molar-refractivity contribution in [2.75, 3.05) is 6.54 Å². The molecular weight excluding hydrogens is 142 g/mol. The number of rotatable bonds is 2. The second-order valence-corrected chi connectivity index (χ2v) is 2.48. The van der Waals surface area contributed by atoms with Crippen molar-refractivity contribution in [1.82, 2.24) is 0 Å². The highest BCUT2D eigenvalue weighted by Crippen LogP contribution is 2.15. The molecule has 0 aliphatic rings. The summed E-state index contributed by atoms with van der Waals surface area (Å²) < 4.78 is 5.04. The fraction of sp³-hybridized carbons (Fsp3) is 0.375. The number of hydrogen-bond donors (Lipinski definition) is 1. The maximum Gasteiger partial charge on any atom is 0.180 e. The fourth-order valence-electron chi connectivity index (χ4n) is 1.09. The molecule has 1 aromatic heterocycles. The standard InChI is InChI=1S/C8H11NO2/c1-5-4-11-6(2)8(5)7(10)3-9/h4H,3,9H2,1-2H3. The van der Waals surface area contributed by atoms with Crippen LogP contribution in [0.1, 0.15) is 21.7 Å². The SMILES string of the molecule is Cc1coc(C)c1C(=O)CN. The van der Waals surface area contributed by atoms with Crippen LogP contribution in [0, 0.1) is 13.8 Å². The summed E-state index contributed by atoms with van der Waals surface area (Å²) in [5, 5.41) is 0. The summed E-state index contributed by atoms with van der Waals surface area (Å²) in [5.74, 6) is 0.590. The quantitative estimate of drug-likeness (QED) is 0.646. The normalized spacial score (nSPS) is 10.1. The van der Waals surface area contributed by atoms with Gasteiger partial charge in [-0.1, -0.05) is 0 Å². The summed E-state index contributed by atoms with van der Waals surface area (Å²) >= 11 is 0. The highest BCUT2D eigenvalue weighted by molar-refractivity contribution is 5.99. The number of hydrogen-bond acceptors (Lipinski definition) is 3. The second kappa shape index (κ2) is 2.88. The minimum absolute atomic E-state index is 0.0429. The Morgan fingerprint density at radius 3 is 2.64 bits per heavy atom. The Morgan fingerprint density at radius 1 is 1.64 bits per heavy atom. The van der Waals surface area contributed by atoms with Gasteiger partial charge in [-0.15, -0.1) is 0 Å².